The summed E-state index contributed by atoms with van der Waals surface area (Å²) in [7, 11) is 0. The number of aromatic nitrogens is 1. The van der Waals surface area contributed by atoms with E-state index in [2.05, 4.69) is 4.98 Å². The highest BCUT2D eigenvalue weighted by Gasteiger charge is 2.30. The van der Waals surface area contributed by atoms with E-state index in [9.17, 15) is 9.59 Å². The van der Waals surface area contributed by atoms with Crippen molar-refractivity contribution in [3.05, 3.63) is 57.0 Å². The topological polar surface area (TPSA) is 77.6 Å². The van der Waals surface area contributed by atoms with E-state index in [0.29, 0.717) is 28.5 Å². The van der Waals surface area contributed by atoms with Crippen LogP contribution >= 0.6 is 0 Å². The summed E-state index contributed by atoms with van der Waals surface area (Å²) in [5, 5.41) is 0. The second-order valence-corrected chi connectivity index (χ2v) is 5.08. The molecule has 0 atom stereocenters. The van der Waals surface area contributed by atoms with Crippen molar-refractivity contribution in [3.8, 4) is 11.5 Å². The first-order chi connectivity index (χ1) is 10.6. The molecule has 2 aromatic rings. The Hall–Kier alpha value is -3.02. The molecule has 0 saturated heterocycles. The third-order valence-corrected chi connectivity index (χ3v) is 3.53. The van der Waals surface area contributed by atoms with Crippen molar-refractivity contribution in [2.45, 2.75) is 6.92 Å². The standard InChI is InChI=1S/C16H11NO5/c1-8-4-10-12(22-16(19)14(10)15(18)17-8)5-9-2-3-11-13(6-9)21-7-20-11/h2-6H,7H2,1H3,(H,17,18)/b12-5+. The molecule has 0 saturated carbocycles. The molecule has 3 heterocycles. The van der Waals surface area contributed by atoms with Gasteiger partial charge in [0.25, 0.3) is 5.56 Å². The molecule has 1 N–H and O–H groups in total. The van der Waals surface area contributed by atoms with Gasteiger partial charge in [-0.3, -0.25) is 4.79 Å². The number of H-pyrrole nitrogens is 1. The van der Waals surface area contributed by atoms with E-state index in [0.717, 1.165) is 5.56 Å². The van der Waals surface area contributed by atoms with Crippen LogP contribution in [0.3, 0.4) is 0 Å². The minimum absolute atomic E-state index is 0.0394. The summed E-state index contributed by atoms with van der Waals surface area (Å²) in [5.41, 5.74) is 1.56. The molecule has 4 rings (SSSR count). The van der Waals surface area contributed by atoms with Gasteiger partial charge in [-0.1, -0.05) is 6.07 Å². The molecular weight excluding hydrogens is 286 g/mol. The van der Waals surface area contributed by atoms with Gasteiger partial charge in [-0.15, -0.1) is 0 Å². The lowest BCUT2D eigenvalue weighted by atomic mass is 10.1. The van der Waals surface area contributed by atoms with Crippen LogP contribution in [-0.4, -0.2) is 17.7 Å². The zero-order valence-electron chi connectivity index (χ0n) is 11.6. The largest absolute Gasteiger partial charge is 0.454 e. The number of esters is 1. The van der Waals surface area contributed by atoms with E-state index in [4.69, 9.17) is 14.2 Å². The van der Waals surface area contributed by atoms with Crippen molar-refractivity contribution in [1.29, 1.82) is 0 Å². The molecule has 6 nitrogen and oxygen atoms in total. The maximum atomic E-state index is 11.9. The summed E-state index contributed by atoms with van der Waals surface area (Å²) in [4.78, 5) is 26.3. The van der Waals surface area contributed by atoms with Gasteiger partial charge in [-0.25, -0.2) is 4.79 Å². The monoisotopic (exact) mass is 297 g/mol. The molecule has 0 unspecified atom stereocenters. The number of ether oxygens (including phenoxy) is 3. The fourth-order valence-electron chi connectivity index (χ4n) is 2.55. The SMILES string of the molecule is Cc1cc2c(c(=O)[nH]1)C(=O)O/C2=C/c1ccc2c(c1)OCO2. The number of hydrogen-bond donors (Lipinski definition) is 1. The van der Waals surface area contributed by atoms with Crippen LogP contribution in [-0.2, 0) is 4.74 Å². The summed E-state index contributed by atoms with van der Waals surface area (Å²) >= 11 is 0. The van der Waals surface area contributed by atoms with Crippen molar-refractivity contribution < 1.29 is 19.0 Å². The highest BCUT2D eigenvalue weighted by atomic mass is 16.7. The zero-order chi connectivity index (χ0) is 15.3. The molecule has 6 heteroatoms. The Kier molecular flexibility index (Phi) is 2.59. The number of carbonyl (C=O) groups excluding carboxylic acids is 1. The zero-order valence-corrected chi connectivity index (χ0v) is 11.6. The summed E-state index contributed by atoms with van der Waals surface area (Å²) in [5.74, 6) is 1.04. The molecular formula is C16H11NO5. The number of aromatic amines is 1. The van der Waals surface area contributed by atoms with Gasteiger partial charge in [-0.05, 0) is 36.8 Å². The van der Waals surface area contributed by atoms with Crippen molar-refractivity contribution in [3.63, 3.8) is 0 Å². The molecule has 22 heavy (non-hydrogen) atoms. The first kappa shape index (κ1) is 12.7. The van der Waals surface area contributed by atoms with E-state index < -0.39 is 11.5 Å². The Morgan fingerprint density at radius 2 is 1.95 bits per heavy atom. The number of pyridine rings is 1. The van der Waals surface area contributed by atoms with Crippen LogP contribution < -0.4 is 15.0 Å². The lowest BCUT2D eigenvalue weighted by Crippen LogP contribution is -2.16. The number of rotatable bonds is 1. The molecule has 0 bridgehead atoms. The second-order valence-electron chi connectivity index (χ2n) is 5.08. The van der Waals surface area contributed by atoms with Gasteiger partial charge in [0.2, 0.25) is 6.79 Å². The fraction of sp³-hybridized carbons (Fsp3) is 0.125. The molecule has 0 spiro atoms. The van der Waals surface area contributed by atoms with Crippen LogP contribution in [0.5, 0.6) is 11.5 Å². The number of hydrogen-bond acceptors (Lipinski definition) is 5. The average molecular weight is 297 g/mol. The van der Waals surface area contributed by atoms with Crippen molar-refractivity contribution in [2.24, 2.45) is 0 Å². The van der Waals surface area contributed by atoms with E-state index in [1.807, 2.05) is 6.07 Å². The van der Waals surface area contributed by atoms with Gasteiger partial charge in [0.05, 0.1) is 0 Å². The summed E-state index contributed by atoms with van der Waals surface area (Å²) < 4.78 is 15.8. The van der Waals surface area contributed by atoms with Gasteiger partial charge >= 0.3 is 5.97 Å². The van der Waals surface area contributed by atoms with Crippen LogP contribution in [0.1, 0.15) is 27.2 Å². The normalized spacial score (nSPS) is 16.8. The molecule has 110 valence electrons. The van der Waals surface area contributed by atoms with Crippen LogP contribution in [0.4, 0.5) is 0 Å². The van der Waals surface area contributed by atoms with Gasteiger partial charge in [0.15, 0.2) is 11.5 Å². The summed E-state index contributed by atoms with van der Waals surface area (Å²) in [6, 6.07) is 7.13. The second kappa shape index (κ2) is 4.49. The van der Waals surface area contributed by atoms with Gasteiger partial charge in [0, 0.05) is 11.3 Å². The van der Waals surface area contributed by atoms with Crippen LogP contribution in [0.25, 0.3) is 11.8 Å². The third kappa shape index (κ3) is 1.88. The summed E-state index contributed by atoms with van der Waals surface area (Å²) in [6.45, 7) is 1.95. The Labute approximate surface area is 124 Å². The molecule has 0 radical (unpaired) electrons. The van der Waals surface area contributed by atoms with E-state index >= 15 is 0 Å². The molecule has 0 amide bonds. The molecule has 1 aromatic heterocycles. The Morgan fingerprint density at radius 3 is 2.82 bits per heavy atom. The highest BCUT2D eigenvalue weighted by Crippen LogP contribution is 2.35. The lowest BCUT2D eigenvalue weighted by molar-refractivity contribution is 0.0715. The number of benzene rings is 1. The minimum Gasteiger partial charge on any atom is -0.454 e. The van der Waals surface area contributed by atoms with E-state index in [1.54, 1.807) is 31.2 Å². The van der Waals surface area contributed by atoms with Gasteiger partial charge in [0.1, 0.15) is 11.3 Å². The first-order valence-corrected chi connectivity index (χ1v) is 6.69. The smallest absolute Gasteiger partial charge is 0.349 e. The predicted octanol–water partition coefficient (Wildman–Crippen LogP) is 2.08. The van der Waals surface area contributed by atoms with E-state index in [1.165, 1.54) is 0 Å². The quantitative estimate of drug-likeness (QED) is 0.815. The van der Waals surface area contributed by atoms with Crippen molar-refractivity contribution in [1.82, 2.24) is 4.98 Å². The Bertz CT molecular complexity index is 894. The fourth-order valence-corrected chi connectivity index (χ4v) is 2.55. The predicted molar refractivity (Wildman–Crippen MR) is 77.7 cm³/mol. The number of carbonyl (C=O) groups is 1. The number of nitrogens with one attached hydrogen (secondary N) is 1. The first-order valence-electron chi connectivity index (χ1n) is 6.69. The third-order valence-electron chi connectivity index (χ3n) is 3.53. The van der Waals surface area contributed by atoms with Crippen LogP contribution in [0.2, 0.25) is 0 Å². The van der Waals surface area contributed by atoms with Gasteiger partial charge in [-0.2, -0.15) is 0 Å². The average Bonchev–Trinajstić information content (AvgIpc) is 3.03. The van der Waals surface area contributed by atoms with Gasteiger partial charge < -0.3 is 19.2 Å². The number of fused-ring (bicyclic) bond motifs is 2. The maximum absolute atomic E-state index is 11.9. The van der Waals surface area contributed by atoms with E-state index in [-0.39, 0.29) is 12.4 Å². The van der Waals surface area contributed by atoms with Crippen LogP contribution in [0, 0.1) is 6.92 Å². The van der Waals surface area contributed by atoms with Crippen LogP contribution in [0.15, 0.2) is 29.1 Å². The molecule has 1 aromatic carbocycles. The molecule has 2 aliphatic heterocycles. The number of cyclic esters (lactones) is 1. The maximum Gasteiger partial charge on any atom is 0.349 e. The molecule has 2 aliphatic rings. The number of aryl methyl sites for hydroxylation is 1. The molecule has 0 fully saturated rings. The minimum atomic E-state index is -0.636. The van der Waals surface area contributed by atoms with Crippen molar-refractivity contribution >= 4 is 17.8 Å². The summed E-state index contributed by atoms with van der Waals surface area (Å²) in [6.07, 6.45) is 1.70. The van der Waals surface area contributed by atoms with Crippen molar-refractivity contribution in [2.75, 3.05) is 6.79 Å². The highest BCUT2D eigenvalue weighted by molar-refractivity contribution is 6.05. The molecule has 0 aliphatic carbocycles. The Morgan fingerprint density at radius 1 is 1.14 bits per heavy atom. The Balaban J connectivity index is 1.82. The lowest BCUT2D eigenvalue weighted by Gasteiger charge is -2.01.